The van der Waals surface area contributed by atoms with Gasteiger partial charge in [-0.05, 0) is 5.92 Å². The Morgan fingerprint density at radius 2 is 1.20 bits per heavy atom. The molecule has 0 aliphatic carbocycles. The summed E-state index contributed by atoms with van der Waals surface area (Å²) in [4.78, 5) is 0. The van der Waals surface area contributed by atoms with Crippen molar-refractivity contribution in [3.05, 3.63) is 13.8 Å². The largest absolute Gasteiger partial charge is 0.0625 e. The van der Waals surface area contributed by atoms with Gasteiger partial charge in [0.1, 0.15) is 0 Å². The molecule has 0 aliphatic heterocycles. The van der Waals surface area contributed by atoms with Crippen molar-refractivity contribution >= 4 is 0 Å². The highest BCUT2D eigenvalue weighted by Crippen LogP contribution is 2.16. The molecule has 0 spiro atoms. The maximum atomic E-state index is 3.91. The van der Waals surface area contributed by atoms with Crippen molar-refractivity contribution in [1.29, 1.82) is 0 Å². The molecule has 0 fully saturated rings. The van der Waals surface area contributed by atoms with Gasteiger partial charge in [0, 0.05) is 0 Å². The Bertz CT molecular complexity index is 107. The second kappa shape index (κ2) is 12.1. The summed E-state index contributed by atoms with van der Waals surface area (Å²) in [5.74, 6) is 0.897. The van der Waals surface area contributed by atoms with Crippen LogP contribution in [-0.2, 0) is 0 Å². The molecule has 0 heteroatoms. The van der Waals surface area contributed by atoms with E-state index in [0.29, 0.717) is 0 Å². The van der Waals surface area contributed by atoms with E-state index in [1.165, 1.54) is 57.8 Å². The summed E-state index contributed by atoms with van der Waals surface area (Å²) in [5.41, 5.74) is 0. The normalized spacial score (nSPS) is 13.0. The average molecular weight is 210 g/mol. The summed E-state index contributed by atoms with van der Waals surface area (Å²) in [6.45, 7) is 10.1. The van der Waals surface area contributed by atoms with Crippen LogP contribution < -0.4 is 0 Å². The Kier molecular flexibility index (Phi) is 12.1. The summed E-state index contributed by atoms with van der Waals surface area (Å²) in [6.07, 6.45) is 14.8. The maximum absolute atomic E-state index is 3.91. The summed E-state index contributed by atoms with van der Waals surface area (Å²) < 4.78 is 0. The quantitative estimate of drug-likeness (QED) is 0.390. The van der Waals surface area contributed by atoms with E-state index in [1.54, 1.807) is 0 Å². The van der Waals surface area contributed by atoms with E-state index in [-0.39, 0.29) is 0 Å². The van der Waals surface area contributed by atoms with Gasteiger partial charge in [0.15, 0.2) is 0 Å². The van der Waals surface area contributed by atoms with E-state index in [9.17, 15) is 0 Å². The highest BCUT2D eigenvalue weighted by atomic mass is 14.1. The molecule has 0 N–H and O–H groups in total. The molecular weight excluding hydrogens is 180 g/mol. The molecular formula is C15H30. The molecule has 15 heavy (non-hydrogen) atoms. The molecule has 1 unspecified atom stereocenters. The molecule has 0 amide bonds. The smallest absolute Gasteiger partial charge is 0.0443 e. The van der Waals surface area contributed by atoms with E-state index in [0.717, 1.165) is 18.8 Å². The second-order valence-electron chi connectivity index (χ2n) is 4.86. The summed E-state index contributed by atoms with van der Waals surface area (Å²) in [6, 6.07) is 0. The van der Waals surface area contributed by atoms with Crippen LogP contribution in [0.4, 0.5) is 0 Å². The standard InChI is InChI=1S/C15H30/c1-4-6-7-8-9-10-11-12-14-15(3)13-5-2/h15H,1-2,4-14H2,3H3. The lowest BCUT2D eigenvalue weighted by Gasteiger charge is -2.08. The van der Waals surface area contributed by atoms with Gasteiger partial charge in [-0.25, -0.2) is 0 Å². The number of hydrogen-bond acceptors (Lipinski definition) is 0. The number of rotatable bonds is 11. The van der Waals surface area contributed by atoms with E-state index in [4.69, 9.17) is 0 Å². The molecule has 90 valence electrons. The predicted octanol–water partition coefficient (Wildman–Crippen LogP) is 5.58. The van der Waals surface area contributed by atoms with Crippen molar-refractivity contribution in [2.45, 2.75) is 77.6 Å². The third-order valence-electron chi connectivity index (χ3n) is 3.14. The molecule has 0 aromatic carbocycles. The van der Waals surface area contributed by atoms with E-state index < -0.39 is 0 Å². The molecule has 0 aromatic heterocycles. The predicted molar refractivity (Wildman–Crippen MR) is 70.7 cm³/mol. The molecule has 0 saturated heterocycles. The fraction of sp³-hybridized carbons (Fsp3) is 0.867. The van der Waals surface area contributed by atoms with Gasteiger partial charge in [0.25, 0.3) is 0 Å². The van der Waals surface area contributed by atoms with Crippen LogP contribution in [0.15, 0.2) is 0 Å². The third kappa shape index (κ3) is 11.9. The van der Waals surface area contributed by atoms with Gasteiger partial charge in [0.2, 0.25) is 0 Å². The van der Waals surface area contributed by atoms with Gasteiger partial charge in [-0.1, -0.05) is 91.4 Å². The van der Waals surface area contributed by atoms with Crippen LogP contribution >= 0.6 is 0 Å². The van der Waals surface area contributed by atoms with Crippen LogP contribution in [0.1, 0.15) is 77.6 Å². The number of hydrogen-bond donors (Lipinski definition) is 0. The van der Waals surface area contributed by atoms with Crippen LogP contribution in [0.2, 0.25) is 0 Å². The molecule has 0 aromatic rings. The van der Waals surface area contributed by atoms with Crippen LogP contribution in [0.3, 0.4) is 0 Å². The third-order valence-corrected chi connectivity index (χ3v) is 3.14. The van der Waals surface area contributed by atoms with E-state index in [1.807, 2.05) is 0 Å². The van der Waals surface area contributed by atoms with Crippen molar-refractivity contribution < 1.29 is 0 Å². The van der Waals surface area contributed by atoms with Gasteiger partial charge < -0.3 is 0 Å². The first-order chi connectivity index (χ1) is 7.31. The molecule has 0 heterocycles. The Balaban J connectivity index is 2.98. The topological polar surface area (TPSA) is 0 Å². The zero-order valence-electron chi connectivity index (χ0n) is 10.8. The second-order valence-corrected chi connectivity index (χ2v) is 4.86. The van der Waals surface area contributed by atoms with Crippen molar-refractivity contribution in [2.75, 3.05) is 0 Å². The zero-order valence-corrected chi connectivity index (χ0v) is 10.8. The minimum Gasteiger partial charge on any atom is -0.0625 e. The first kappa shape index (κ1) is 15.0. The summed E-state index contributed by atoms with van der Waals surface area (Å²) in [5, 5.41) is 0. The lowest BCUT2D eigenvalue weighted by atomic mass is 9.98. The van der Waals surface area contributed by atoms with Gasteiger partial charge in [-0.2, -0.15) is 0 Å². The molecule has 0 bridgehead atoms. The lowest BCUT2D eigenvalue weighted by Crippen LogP contribution is -1.93. The maximum Gasteiger partial charge on any atom is -0.0443 e. The average Bonchev–Trinajstić information content (AvgIpc) is 2.22. The van der Waals surface area contributed by atoms with Crippen molar-refractivity contribution in [3.8, 4) is 0 Å². The van der Waals surface area contributed by atoms with Gasteiger partial charge >= 0.3 is 0 Å². The minimum atomic E-state index is 0.897. The van der Waals surface area contributed by atoms with Crippen molar-refractivity contribution in [2.24, 2.45) is 5.92 Å². The first-order valence-electron chi connectivity index (χ1n) is 6.89. The van der Waals surface area contributed by atoms with Crippen LogP contribution in [0.5, 0.6) is 0 Å². The molecule has 0 nitrogen and oxygen atoms in total. The SMILES string of the molecule is [CH2]CCCCCCCCCC(C)CC[CH2]. The molecule has 0 rings (SSSR count). The van der Waals surface area contributed by atoms with Gasteiger partial charge in [-0.3, -0.25) is 0 Å². The monoisotopic (exact) mass is 210 g/mol. The number of unbranched alkanes of at least 4 members (excludes halogenated alkanes) is 7. The lowest BCUT2D eigenvalue weighted by molar-refractivity contribution is 0.457. The molecule has 0 aliphatic rings. The molecule has 0 saturated carbocycles. The first-order valence-corrected chi connectivity index (χ1v) is 6.89. The van der Waals surface area contributed by atoms with Crippen LogP contribution in [-0.4, -0.2) is 0 Å². The Morgan fingerprint density at radius 3 is 1.73 bits per heavy atom. The molecule has 1 atom stereocenters. The Labute approximate surface area is 97.8 Å². The highest BCUT2D eigenvalue weighted by Gasteiger charge is 1.99. The van der Waals surface area contributed by atoms with Crippen LogP contribution in [0, 0.1) is 19.8 Å². The summed E-state index contributed by atoms with van der Waals surface area (Å²) >= 11 is 0. The zero-order chi connectivity index (χ0) is 11.4. The van der Waals surface area contributed by atoms with Gasteiger partial charge in [0.05, 0.1) is 0 Å². The highest BCUT2D eigenvalue weighted by molar-refractivity contribution is 4.55. The van der Waals surface area contributed by atoms with Crippen LogP contribution in [0.25, 0.3) is 0 Å². The Morgan fingerprint density at radius 1 is 0.667 bits per heavy atom. The van der Waals surface area contributed by atoms with E-state index in [2.05, 4.69) is 20.8 Å². The Hall–Kier alpha value is 0. The van der Waals surface area contributed by atoms with Gasteiger partial charge in [-0.15, -0.1) is 0 Å². The van der Waals surface area contributed by atoms with Crippen molar-refractivity contribution in [3.63, 3.8) is 0 Å². The fourth-order valence-electron chi connectivity index (χ4n) is 2.05. The van der Waals surface area contributed by atoms with Crippen molar-refractivity contribution in [1.82, 2.24) is 0 Å². The minimum absolute atomic E-state index is 0.897. The van der Waals surface area contributed by atoms with E-state index >= 15 is 0 Å². The molecule has 2 radical (unpaired) electrons. The fourth-order valence-corrected chi connectivity index (χ4v) is 2.05. The summed E-state index contributed by atoms with van der Waals surface area (Å²) in [7, 11) is 0.